The van der Waals surface area contributed by atoms with Gasteiger partial charge < -0.3 is 19.5 Å². The Hall–Kier alpha value is -3.01. The van der Waals surface area contributed by atoms with Gasteiger partial charge in [-0.2, -0.15) is 18.9 Å². The standard InChI is InChI=1S/C17H18F2N4O4/c1-10-13(15(24)26-8-7-25-2)14(23-17(22-10)20-9-21-23)11-5-3-4-6-12(11)27-16(18)19/h3-6,9,14,16H,7-8H2,1-2H3,(H,20,21,22). The van der Waals surface area contributed by atoms with Gasteiger partial charge in [0.1, 0.15) is 24.7 Å². The molecule has 10 heteroatoms. The molecule has 27 heavy (non-hydrogen) atoms. The molecule has 1 aromatic carbocycles. The van der Waals surface area contributed by atoms with Crippen molar-refractivity contribution >= 4 is 11.9 Å². The zero-order valence-corrected chi connectivity index (χ0v) is 14.7. The highest BCUT2D eigenvalue weighted by atomic mass is 19.3. The van der Waals surface area contributed by atoms with E-state index >= 15 is 0 Å². The number of esters is 1. The topological polar surface area (TPSA) is 87.5 Å². The first kappa shape index (κ1) is 18.8. The van der Waals surface area contributed by atoms with E-state index in [-0.39, 0.29) is 24.5 Å². The summed E-state index contributed by atoms with van der Waals surface area (Å²) in [5.41, 5.74) is 1.04. The van der Waals surface area contributed by atoms with Crippen LogP contribution in [0.1, 0.15) is 18.5 Å². The maximum atomic E-state index is 12.9. The van der Waals surface area contributed by atoms with E-state index in [2.05, 4.69) is 20.1 Å². The quantitative estimate of drug-likeness (QED) is 0.583. The summed E-state index contributed by atoms with van der Waals surface area (Å²) < 4.78 is 41.9. The fraction of sp³-hybridized carbons (Fsp3) is 0.353. The molecule has 2 heterocycles. The molecular formula is C17H18F2N4O4. The third-order valence-electron chi connectivity index (χ3n) is 3.96. The van der Waals surface area contributed by atoms with Gasteiger partial charge in [-0.3, -0.25) is 0 Å². The average Bonchev–Trinajstić information content (AvgIpc) is 3.08. The Kier molecular flexibility index (Phi) is 5.65. The number of hydrogen-bond acceptors (Lipinski definition) is 7. The molecule has 0 aliphatic carbocycles. The lowest BCUT2D eigenvalue weighted by Crippen LogP contribution is -2.30. The maximum Gasteiger partial charge on any atom is 0.387 e. The van der Waals surface area contributed by atoms with Crippen LogP contribution in [-0.4, -0.2) is 47.7 Å². The molecule has 0 radical (unpaired) electrons. The first-order valence-corrected chi connectivity index (χ1v) is 8.10. The Balaban J connectivity index is 2.06. The second kappa shape index (κ2) is 8.12. The van der Waals surface area contributed by atoms with Crippen LogP contribution < -0.4 is 10.1 Å². The number of para-hydroxylation sites is 1. The molecule has 1 aromatic heterocycles. The van der Waals surface area contributed by atoms with E-state index in [4.69, 9.17) is 9.47 Å². The van der Waals surface area contributed by atoms with Gasteiger partial charge in [-0.25, -0.2) is 9.48 Å². The molecule has 1 unspecified atom stereocenters. The first-order valence-electron chi connectivity index (χ1n) is 8.10. The number of fused-ring (bicyclic) bond motifs is 1. The zero-order valence-electron chi connectivity index (χ0n) is 14.7. The van der Waals surface area contributed by atoms with Crippen LogP contribution in [0.25, 0.3) is 0 Å². The van der Waals surface area contributed by atoms with Crippen LogP contribution in [0.5, 0.6) is 5.75 Å². The summed E-state index contributed by atoms with van der Waals surface area (Å²) in [6.07, 6.45) is 1.30. The van der Waals surface area contributed by atoms with Crippen molar-refractivity contribution in [3.05, 3.63) is 47.4 Å². The number of methoxy groups -OCH3 is 1. The highest BCUT2D eigenvalue weighted by Crippen LogP contribution is 2.39. The van der Waals surface area contributed by atoms with Crippen molar-refractivity contribution in [1.82, 2.24) is 14.8 Å². The molecule has 1 aliphatic heterocycles. The van der Waals surface area contributed by atoms with Crippen LogP contribution in [0.15, 0.2) is 41.9 Å². The Morgan fingerprint density at radius 3 is 2.85 bits per heavy atom. The van der Waals surface area contributed by atoms with Crippen LogP contribution >= 0.6 is 0 Å². The highest BCUT2D eigenvalue weighted by molar-refractivity contribution is 5.92. The molecule has 0 saturated heterocycles. The smallest absolute Gasteiger partial charge is 0.387 e. The molecule has 3 rings (SSSR count). The Labute approximate surface area is 153 Å². The van der Waals surface area contributed by atoms with E-state index in [1.165, 1.54) is 24.2 Å². The average molecular weight is 380 g/mol. The van der Waals surface area contributed by atoms with Crippen LogP contribution in [0.2, 0.25) is 0 Å². The number of nitrogens with one attached hydrogen (secondary N) is 1. The summed E-state index contributed by atoms with van der Waals surface area (Å²) >= 11 is 0. The summed E-state index contributed by atoms with van der Waals surface area (Å²) in [6, 6.07) is 5.39. The van der Waals surface area contributed by atoms with Gasteiger partial charge in [-0.05, 0) is 13.0 Å². The number of benzene rings is 1. The molecule has 1 aliphatic rings. The molecule has 0 bridgehead atoms. The largest absolute Gasteiger partial charge is 0.460 e. The van der Waals surface area contributed by atoms with Crippen molar-refractivity contribution in [2.45, 2.75) is 19.6 Å². The molecular weight excluding hydrogens is 362 g/mol. The minimum atomic E-state index is -3.01. The molecule has 8 nitrogen and oxygen atoms in total. The summed E-state index contributed by atoms with van der Waals surface area (Å²) in [7, 11) is 1.49. The fourth-order valence-electron chi connectivity index (χ4n) is 2.85. The number of nitrogens with zero attached hydrogens (tertiary/aromatic N) is 3. The van der Waals surface area contributed by atoms with Crippen LogP contribution in [-0.2, 0) is 14.3 Å². The number of carbonyl (C=O) groups is 1. The normalized spacial score (nSPS) is 16.1. The van der Waals surface area contributed by atoms with E-state index in [0.717, 1.165) is 0 Å². The van der Waals surface area contributed by atoms with Gasteiger partial charge in [0.15, 0.2) is 0 Å². The summed E-state index contributed by atoms with van der Waals surface area (Å²) in [6.45, 7) is -1.05. The Morgan fingerprint density at radius 2 is 2.11 bits per heavy atom. The highest BCUT2D eigenvalue weighted by Gasteiger charge is 2.36. The SMILES string of the molecule is COCCOC(=O)C1=C(C)Nc2ncnn2C1c1ccccc1OC(F)F. The molecule has 1 N–H and O–H groups in total. The summed E-state index contributed by atoms with van der Waals surface area (Å²) in [5.74, 6) is -0.302. The van der Waals surface area contributed by atoms with Gasteiger partial charge in [-0.15, -0.1) is 0 Å². The number of hydrogen-bond donors (Lipinski definition) is 1. The van der Waals surface area contributed by atoms with Gasteiger partial charge in [-0.1, -0.05) is 18.2 Å². The van der Waals surface area contributed by atoms with Crippen molar-refractivity contribution < 1.29 is 27.8 Å². The van der Waals surface area contributed by atoms with Gasteiger partial charge in [0, 0.05) is 18.4 Å². The van der Waals surface area contributed by atoms with Gasteiger partial charge in [0.05, 0.1) is 12.2 Å². The van der Waals surface area contributed by atoms with Gasteiger partial charge in [0.2, 0.25) is 5.95 Å². The van der Waals surface area contributed by atoms with E-state index in [9.17, 15) is 13.6 Å². The van der Waals surface area contributed by atoms with Crippen LogP contribution in [0.4, 0.5) is 14.7 Å². The predicted molar refractivity (Wildman–Crippen MR) is 90.4 cm³/mol. The van der Waals surface area contributed by atoms with Crippen LogP contribution in [0, 0.1) is 0 Å². The van der Waals surface area contributed by atoms with E-state index in [1.54, 1.807) is 25.1 Å². The number of anilines is 1. The number of alkyl halides is 2. The number of allylic oxidation sites excluding steroid dienone is 1. The Bertz CT molecular complexity index is 853. The molecule has 1 atom stereocenters. The minimum Gasteiger partial charge on any atom is -0.460 e. The second-order valence-electron chi connectivity index (χ2n) is 5.64. The summed E-state index contributed by atoms with van der Waals surface area (Å²) in [5, 5.41) is 7.10. The number of ether oxygens (including phenoxy) is 3. The Morgan fingerprint density at radius 1 is 1.33 bits per heavy atom. The van der Waals surface area contributed by atoms with Gasteiger partial charge >= 0.3 is 12.6 Å². The van der Waals surface area contributed by atoms with Crippen molar-refractivity contribution in [2.75, 3.05) is 25.6 Å². The first-order chi connectivity index (χ1) is 13.0. The predicted octanol–water partition coefficient (Wildman–Crippen LogP) is 2.36. The lowest BCUT2D eigenvalue weighted by molar-refractivity contribution is -0.140. The molecule has 0 saturated carbocycles. The van der Waals surface area contributed by atoms with Crippen molar-refractivity contribution in [3.63, 3.8) is 0 Å². The minimum absolute atomic E-state index is 0.0538. The lowest BCUT2D eigenvalue weighted by Gasteiger charge is -2.29. The molecule has 0 fully saturated rings. The van der Waals surface area contributed by atoms with E-state index in [0.29, 0.717) is 17.2 Å². The lowest BCUT2D eigenvalue weighted by atomic mass is 9.95. The van der Waals surface area contributed by atoms with E-state index in [1.807, 2.05) is 0 Å². The number of carbonyl (C=O) groups excluding carboxylic acids is 1. The third-order valence-corrected chi connectivity index (χ3v) is 3.96. The number of rotatable bonds is 7. The molecule has 2 aromatic rings. The monoisotopic (exact) mass is 380 g/mol. The van der Waals surface area contributed by atoms with Gasteiger partial charge in [0.25, 0.3) is 0 Å². The number of halogens is 2. The number of aromatic nitrogens is 3. The fourth-order valence-corrected chi connectivity index (χ4v) is 2.85. The molecule has 0 spiro atoms. The molecule has 144 valence electrons. The zero-order chi connectivity index (χ0) is 19.4. The van der Waals surface area contributed by atoms with Crippen LogP contribution in [0.3, 0.4) is 0 Å². The van der Waals surface area contributed by atoms with Crippen molar-refractivity contribution in [2.24, 2.45) is 0 Å². The summed E-state index contributed by atoms with van der Waals surface area (Å²) in [4.78, 5) is 16.8. The molecule has 0 amide bonds. The second-order valence-corrected chi connectivity index (χ2v) is 5.64. The third kappa shape index (κ3) is 3.90. The maximum absolute atomic E-state index is 12.9. The van der Waals surface area contributed by atoms with Crippen molar-refractivity contribution in [3.8, 4) is 5.75 Å². The van der Waals surface area contributed by atoms with E-state index < -0.39 is 18.6 Å². The van der Waals surface area contributed by atoms with Crippen molar-refractivity contribution in [1.29, 1.82) is 0 Å².